The van der Waals surface area contributed by atoms with Crippen molar-refractivity contribution in [3.63, 3.8) is 0 Å². The maximum absolute atomic E-state index is 9.29. The standard InChI is InChI=1S/C16H21N7O2/c1-22(2)15-18-14(19-16(20-15)23-7-9-25-10-8-23)21-17-11-12-3-5-13(24)6-4-12/h3-6,11,24H,7-10H2,1-2H3,(H,18,19,20,21)/b17-11+. The zero-order valence-corrected chi connectivity index (χ0v) is 14.3. The van der Waals surface area contributed by atoms with Crippen LogP contribution in [0.25, 0.3) is 0 Å². The average molecular weight is 343 g/mol. The topological polar surface area (TPSA) is 99.0 Å². The van der Waals surface area contributed by atoms with Gasteiger partial charge in [-0.15, -0.1) is 0 Å². The smallest absolute Gasteiger partial charge is 0.250 e. The van der Waals surface area contributed by atoms with E-state index in [9.17, 15) is 5.11 Å². The number of rotatable bonds is 5. The third-order valence-corrected chi connectivity index (χ3v) is 3.58. The molecule has 1 aliphatic rings. The Hall–Kier alpha value is -2.94. The minimum Gasteiger partial charge on any atom is -0.508 e. The van der Waals surface area contributed by atoms with Crippen LogP contribution in [-0.4, -0.2) is 66.7 Å². The van der Waals surface area contributed by atoms with E-state index in [2.05, 4.69) is 30.4 Å². The minimum atomic E-state index is 0.216. The van der Waals surface area contributed by atoms with Gasteiger partial charge in [-0.1, -0.05) is 0 Å². The summed E-state index contributed by atoms with van der Waals surface area (Å²) in [7, 11) is 3.75. The second-order valence-electron chi connectivity index (χ2n) is 5.71. The number of ether oxygens (including phenoxy) is 1. The van der Waals surface area contributed by atoms with E-state index in [1.54, 1.807) is 30.5 Å². The highest BCUT2D eigenvalue weighted by atomic mass is 16.5. The number of phenols is 1. The highest BCUT2D eigenvalue weighted by Crippen LogP contribution is 2.16. The van der Waals surface area contributed by atoms with Crippen LogP contribution in [0, 0.1) is 0 Å². The van der Waals surface area contributed by atoms with Gasteiger partial charge in [-0.3, -0.25) is 0 Å². The fraction of sp³-hybridized carbons (Fsp3) is 0.375. The Kier molecular flexibility index (Phi) is 5.24. The number of benzene rings is 1. The molecule has 0 saturated carbocycles. The van der Waals surface area contributed by atoms with Crippen molar-refractivity contribution in [2.24, 2.45) is 5.10 Å². The summed E-state index contributed by atoms with van der Waals surface area (Å²) in [5.74, 6) is 1.74. The van der Waals surface area contributed by atoms with Crippen molar-refractivity contribution >= 4 is 24.1 Å². The lowest BCUT2D eigenvalue weighted by Gasteiger charge is -2.27. The molecule has 1 fully saturated rings. The van der Waals surface area contributed by atoms with Crippen molar-refractivity contribution in [2.75, 3.05) is 55.6 Å². The Bertz CT molecular complexity index is 728. The Morgan fingerprint density at radius 1 is 1.16 bits per heavy atom. The number of hydrogen-bond donors (Lipinski definition) is 2. The predicted octanol–water partition coefficient (Wildman–Crippen LogP) is 0.926. The van der Waals surface area contributed by atoms with Crippen LogP contribution in [0.1, 0.15) is 5.56 Å². The van der Waals surface area contributed by atoms with E-state index >= 15 is 0 Å². The normalized spacial score (nSPS) is 14.7. The molecular formula is C16H21N7O2. The Labute approximate surface area is 146 Å². The molecular weight excluding hydrogens is 322 g/mol. The number of nitrogens with zero attached hydrogens (tertiary/aromatic N) is 6. The molecule has 3 rings (SSSR count). The van der Waals surface area contributed by atoms with Crippen molar-refractivity contribution < 1.29 is 9.84 Å². The molecule has 2 aromatic rings. The number of aromatic nitrogens is 3. The molecule has 1 aliphatic heterocycles. The van der Waals surface area contributed by atoms with E-state index in [0.29, 0.717) is 31.1 Å². The SMILES string of the molecule is CN(C)c1nc(N/N=C/c2ccc(O)cc2)nc(N2CCOCC2)n1. The summed E-state index contributed by atoms with van der Waals surface area (Å²) in [6, 6.07) is 6.73. The number of anilines is 3. The van der Waals surface area contributed by atoms with Crippen LogP contribution in [-0.2, 0) is 4.74 Å². The fourth-order valence-electron chi connectivity index (χ4n) is 2.23. The second-order valence-corrected chi connectivity index (χ2v) is 5.71. The summed E-state index contributed by atoms with van der Waals surface area (Å²) in [6.45, 7) is 2.80. The lowest BCUT2D eigenvalue weighted by atomic mass is 10.2. The zero-order chi connectivity index (χ0) is 17.6. The third kappa shape index (κ3) is 4.54. The molecule has 0 spiro atoms. The molecule has 0 aliphatic carbocycles. The van der Waals surface area contributed by atoms with Crippen LogP contribution in [0.15, 0.2) is 29.4 Å². The first kappa shape index (κ1) is 16.9. The molecule has 9 heteroatoms. The molecule has 1 aromatic heterocycles. The van der Waals surface area contributed by atoms with Crippen LogP contribution in [0.2, 0.25) is 0 Å². The number of hydrogen-bond acceptors (Lipinski definition) is 9. The predicted molar refractivity (Wildman–Crippen MR) is 96.5 cm³/mol. The Morgan fingerprint density at radius 3 is 2.56 bits per heavy atom. The van der Waals surface area contributed by atoms with Crippen molar-refractivity contribution in [1.29, 1.82) is 0 Å². The Balaban J connectivity index is 1.77. The molecule has 9 nitrogen and oxygen atoms in total. The molecule has 25 heavy (non-hydrogen) atoms. The zero-order valence-electron chi connectivity index (χ0n) is 14.3. The van der Waals surface area contributed by atoms with Gasteiger partial charge in [-0.2, -0.15) is 20.1 Å². The van der Waals surface area contributed by atoms with Crippen LogP contribution in [0.3, 0.4) is 0 Å². The van der Waals surface area contributed by atoms with Gasteiger partial charge in [0, 0.05) is 27.2 Å². The van der Waals surface area contributed by atoms with Crippen LogP contribution < -0.4 is 15.2 Å². The summed E-state index contributed by atoms with van der Waals surface area (Å²) in [6.07, 6.45) is 1.63. The maximum Gasteiger partial charge on any atom is 0.250 e. The number of nitrogens with one attached hydrogen (secondary N) is 1. The molecule has 0 bridgehead atoms. The third-order valence-electron chi connectivity index (χ3n) is 3.58. The van der Waals surface area contributed by atoms with Gasteiger partial charge < -0.3 is 19.6 Å². The van der Waals surface area contributed by atoms with E-state index in [1.807, 2.05) is 19.0 Å². The van der Waals surface area contributed by atoms with Crippen LogP contribution in [0.4, 0.5) is 17.8 Å². The fourth-order valence-corrected chi connectivity index (χ4v) is 2.23. The van der Waals surface area contributed by atoms with E-state index in [4.69, 9.17) is 4.74 Å². The van der Waals surface area contributed by atoms with Crippen molar-refractivity contribution in [2.45, 2.75) is 0 Å². The van der Waals surface area contributed by atoms with Gasteiger partial charge in [0.05, 0.1) is 19.4 Å². The van der Waals surface area contributed by atoms with E-state index < -0.39 is 0 Å². The monoisotopic (exact) mass is 343 g/mol. The Morgan fingerprint density at radius 2 is 1.88 bits per heavy atom. The molecule has 2 heterocycles. The molecule has 0 unspecified atom stereocenters. The number of phenolic OH excluding ortho intramolecular Hbond substituents is 1. The van der Waals surface area contributed by atoms with Crippen molar-refractivity contribution in [3.05, 3.63) is 29.8 Å². The van der Waals surface area contributed by atoms with E-state index in [1.165, 1.54) is 0 Å². The maximum atomic E-state index is 9.29. The lowest BCUT2D eigenvalue weighted by Crippen LogP contribution is -2.37. The highest BCUT2D eigenvalue weighted by Gasteiger charge is 2.17. The molecule has 1 saturated heterocycles. The first-order chi connectivity index (χ1) is 12.1. The van der Waals surface area contributed by atoms with Gasteiger partial charge in [0.2, 0.25) is 17.8 Å². The summed E-state index contributed by atoms with van der Waals surface area (Å²) < 4.78 is 5.37. The van der Waals surface area contributed by atoms with Gasteiger partial charge in [0.1, 0.15) is 5.75 Å². The first-order valence-electron chi connectivity index (χ1n) is 7.96. The molecule has 0 atom stereocenters. The van der Waals surface area contributed by atoms with Crippen LogP contribution in [0.5, 0.6) is 5.75 Å². The number of morpholine rings is 1. The van der Waals surface area contributed by atoms with Gasteiger partial charge >= 0.3 is 0 Å². The van der Waals surface area contributed by atoms with Crippen LogP contribution >= 0.6 is 0 Å². The van der Waals surface area contributed by atoms with Gasteiger partial charge in [0.15, 0.2) is 0 Å². The van der Waals surface area contributed by atoms with Crippen molar-refractivity contribution in [3.8, 4) is 5.75 Å². The summed E-state index contributed by atoms with van der Waals surface area (Å²) >= 11 is 0. The van der Waals surface area contributed by atoms with E-state index in [0.717, 1.165) is 18.7 Å². The summed E-state index contributed by atoms with van der Waals surface area (Å²) in [5.41, 5.74) is 3.69. The minimum absolute atomic E-state index is 0.216. The van der Waals surface area contributed by atoms with Crippen molar-refractivity contribution in [1.82, 2.24) is 15.0 Å². The molecule has 132 valence electrons. The highest BCUT2D eigenvalue weighted by molar-refractivity contribution is 5.80. The molecule has 0 radical (unpaired) electrons. The number of aromatic hydroxyl groups is 1. The number of hydrazone groups is 1. The first-order valence-corrected chi connectivity index (χ1v) is 7.96. The second kappa shape index (κ2) is 7.75. The summed E-state index contributed by atoms with van der Waals surface area (Å²) in [5, 5.41) is 13.4. The molecule has 0 amide bonds. The van der Waals surface area contributed by atoms with Gasteiger partial charge in [-0.05, 0) is 29.8 Å². The van der Waals surface area contributed by atoms with Gasteiger partial charge in [0.25, 0.3) is 0 Å². The average Bonchev–Trinajstić information content (AvgIpc) is 2.64. The lowest BCUT2D eigenvalue weighted by molar-refractivity contribution is 0.122. The quantitative estimate of drug-likeness (QED) is 0.611. The van der Waals surface area contributed by atoms with E-state index in [-0.39, 0.29) is 5.75 Å². The summed E-state index contributed by atoms with van der Waals surface area (Å²) in [4.78, 5) is 17.2. The molecule has 1 aromatic carbocycles. The van der Waals surface area contributed by atoms with Gasteiger partial charge in [-0.25, -0.2) is 5.43 Å². The molecule has 2 N–H and O–H groups in total. The largest absolute Gasteiger partial charge is 0.508 e.